The van der Waals surface area contributed by atoms with E-state index in [0.29, 0.717) is 36.6 Å². The standard InChI is InChI=1S/C25H23ClN4O3/c1-25(24(31)32)10-8-18(9-11-25)33-22-7-3-15(13-28-22)19-5-2-16(14-27-19)23-29-20-6-4-17(26)12-21(20)30-23/h2-7,12-14,18H,8-11H2,1H3,(H,29,30)(H,31,32)/t18-,25+. The van der Waals surface area contributed by atoms with E-state index >= 15 is 0 Å². The third-order valence-electron chi connectivity index (χ3n) is 6.35. The highest BCUT2D eigenvalue weighted by Gasteiger charge is 2.38. The Labute approximate surface area is 195 Å². The van der Waals surface area contributed by atoms with Crippen molar-refractivity contribution < 1.29 is 14.6 Å². The van der Waals surface area contributed by atoms with E-state index in [0.717, 1.165) is 33.7 Å². The summed E-state index contributed by atoms with van der Waals surface area (Å²) in [7, 11) is 0. The largest absolute Gasteiger partial charge is 0.481 e. The lowest BCUT2D eigenvalue weighted by atomic mass is 9.75. The van der Waals surface area contributed by atoms with Crippen LogP contribution in [0.5, 0.6) is 5.88 Å². The summed E-state index contributed by atoms with van der Waals surface area (Å²) in [5.74, 6) is 0.548. The lowest BCUT2D eigenvalue weighted by Crippen LogP contribution is -2.36. The molecular weight excluding hydrogens is 440 g/mol. The molecule has 1 saturated carbocycles. The first-order chi connectivity index (χ1) is 15.9. The zero-order valence-corrected chi connectivity index (χ0v) is 18.8. The van der Waals surface area contributed by atoms with Crippen molar-refractivity contribution in [1.82, 2.24) is 19.9 Å². The first kappa shape index (κ1) is 21.4. The van der Waals surface area contributed by atoms with Gasteiger partial charge in [0, 0.05) is 34.6 Å². The second-order valence-corrected chi connectivity index (χ2v) is 9.18. The quantitative estimate of drug-likeness (QED) is 0.391. The van der Waals surface area contributed by atoms with Gasteiger partial charge in [0.1, 0.15) is 11.9 Å². The molecule has 1 aliphatic rings. The molecule has 3 aromatic heterocycles. The van der Waals surface area contributed by atoms with Gasteiger partial charge in [-0.3, -0.25) is 9.78 Å². The number of nitrogens with zero attached hydrogens (tertiary/aromatic N) is 3. The summed E-state index contributed by atoms with van der Waals surface area (Å²) in [6.07, 6.45) is 6.16. The van der Waals surface area contributed by atoms with Gasteiger partial charge in [0.25, 0.3) is 0 Å². The molecule has 0 amide bonds. The van der Waals surface area contributed by atoms with Crippen LogP contribution >= 0.6 is 11.6 Å². The van der Waals surface area contributed by atoms with Crippen LogP contribution in [0.25, 0.3) is 33.7 Å². The Hall–Kier alpha value is -3.45. The minimum Gasteiger partial charge on any atom is -0.481 e. The van der Waals surface area contributed by atoms with Gasteiger partial charge in [-0.2, -0.15) is 0 Å². The van der Waals surface area contributed by atoms with E-state index in [4.69, 9.17) is 16.3 Å². The number of hydrogen-bond acceptors (Lipinski definition) is 5. The smallest absolute Gasteiger partial charge is 0.309 e. The monoisotopic (exact) mass is 462 g/mol. The molecule has 168 valence electrons. The highest BCUT2D eigenvalue weighted by molar-refractivity contribution is 6.31. The maximum atomic E-state index is 11.4. The summed E-state index contributed by atoms with van der Waals surface area (Å²) < 4.78 is 5.99. The van der Waals surface area contributed by atoms with Crippen LogP contribution in [0.2, 0.25) is 5.02 Å². The number of carboxylic acid groups (broad SMARTS) is 1. The molecule has 8 heteroatoms. The number of carboxylic acids is 1. The van der Waals surface area contributed by atoms with Crippen molar-refractivity contribution in [3.8, 4) is 28.5 Å². The molecular formula is C25H23ClN4O3. The van der Waals surface area contributed by atoms with Gasteiger partial charge in [0.15, 0.2) is 0 Å². The Morgan fingerprint density at radius 1 is 1.09 bits per heavy atom. The Morgan fingerprint density at radius 2 is 1.85 bits per heavy atom. The average Bonchev–Trinajstić information content (AvgIpc) is 3.24. The molecule has 1 fully saturated rings. The predicted molar refractivity (Wildman–Crippen MR) is 126 cm³/mol. The number of aliphatic carboxylic acids is 1. The first-order valence-corrected chi connectivity index (χ1v) is 11.3. The van der Waals surface area contributed by atoms with Crippen LogP contribution in [-0.4, -0.2) is 37.1 Å². The molecule has 0 atom stereocenters. The molecule has 0 saturated heterocycles. The van der Waals surface area contributed by atoms with E-state index in [-0.39, 0.29) is 6.10 Å². The minimum absolute atomic E-state index is 0.00752. The summed E-state index contributed by atoms with van der Waals surface area (Å²) in [5.41, 5.74) is 3.64. The van der Waals surface area contributed by atoms with E-state index < -0.39 is 11.4 Å². The van der Waals surface area contributed by atoms with Gasteiger partial charge in [-0.25, -0.2) is 9.97 Å². The second kappa shape index (κ2) is 8.48. The molecule has 7 nitrogen and oxygen atoms in total. The predicted octanol–water partition coefficient (Wildman–Crippen LogP) is 5.75. The second-order valence-electron chi connectivity index (χ2n) is 8.75. The van der Waals surface area contributed by atoms with Crippen LogP contribution in [0.15, 0.2) is 54.9 Å². The highest BCUT2D eigenvalue weighted by Crippen LogP contribution is 2.37. The number of nitrogens with one attached hydrogen (secondary N) is 1. The van der Waals surface area contributed by atoms with Crippen molar-refractivity contribution in [2.24, 2.45) is 5.41 Å². The van der Waals surface area contributed by atoms with E-state index in [1.165, 1.54) is 0 Å². The normalized spacial score (nSPS) is 20.6. The fourth-order valence-corrected chi connectivity index (χ4v) is 4.33. The molecule has 0 aliphatic heterocycles. The summed E-state index contributed by atoms with van der Waals surface area (Å²) >= 11 is 6.05. The maximum absolute atomic E-state index is 11.4. The Kier molecular flexibility index (Phi) is 5.50. The number of aromatic amines is 1. The number of benzene rings is 1. The maximum Gasteiger partial charge on any atom is 0.309 e. The molecule has 0 radical (unpaired) electrons. The number of fused-ring (bicyclic) bond motifs is 1. The van der Waals surface area contributed by atoms with Crippen LogP contribution in [0, 0.1) is 5.41 Å². The van der Waals surface area contributed by atoms with E-state index in [1.54, 1.807) is 19.3 Å². The van der Waals surface area contributed by atoms with Crippen molar-refractivity contribution >= 4 is 28.6 Å². The molecule has 1 aliphatic carbocycles. The van der Waals surface area contributed by atoms with Crippen LogP contribution in [0.4, 0.5) is 0 Å². The van der Waals surface area contributed by atoms with Gasteiger partial charge in [-0.15, -0.1) is 0 Å². The van der Waals surface area contributed by atoms with Crippen molar-refractivity contribution in [1.29, 1.82) is 0 Å². The molecule has 0 unspecified atom stereocenters. The molecule has 5 rings (SSSR count). The van der Waals surface area contributed by atoms with Crippen molar-refractivity contribution in [2.45, 2.75) is 38.7 Å². The lowest BCUT2D eigenvalue weighted by molar-refractivity contribution is -0.150. The zero-order chi connectivity index (χ0) is 23.0. The summed E-state index contributed by atoms with van der Waals surface area (Å²) in [6.45, 7) is 1.81. The Morgan fingerprint density at radius 3 is 2.52 bits per heavy atom. The van der Waals surface area contributed by atoms with Gasteiger partial charge in [-0.1, -0.05) is 11.6 Å². The third kappa shape index (κ3) is 4.41. The molecule has 0 bridgehead atoms. The van der Waals surface area contributed by atoms with Crippen LogP contribution in [-0.2, 0) is 4.79 Å². The highest BCUT2D eigenvalue weighted by atomic mass is 35.5. The number of pyridine rings is 2. The van der Waals surface area contributed by atoms with Gasteiger partial charge < -0.3 is 14.8 Å². The van der Waals surface area contributed by atoms with Gasteiger partial charge in [0.2, 0.25) is 5.88 Å². The summed E-state index contributed by atoms with van der Waals surface area (Å²) in [5, 5.41) is 10.0. The fraction of sp³-hybridized carbons (Fsp3) is 0.280. The van der Waals surface area contributed by atoms with Crippen molar-refractivity contribution in [2.75, 3.05) is 0 Å². The number of carbonyl (C=O) groups is 1. The SMILES string of the molecule is C[C@]1(C(=O)O)CC[C@@H](Oc2ccc(-c3ccc(-c4nc5ccc(Cl)cc5[nH]4)cn3)cn2)CC1. The third-order valence-corrected chi connectivity index (χ3v) is 6.59. The lowest BCUT2D eigenvalue weighted by Gasteiger charge is -2.33. The molecule has 1 aromatic carbocycles. The topological polar surface area (TPSA) is 101 Å². The molecule has 0 spiro atoms. The fourth-order valence-electron chi connectivity index (χ4n) is 4.16. The average molecular weight is 463 g/mol. The Bertz CT molecular complexity index is 1290. The number of aromatic nitrogens is 4. The van der Waals surface area contributed by atoms with Crippen LogP contribution < -0.4 is 4.74 Å². The zero-order valence-electron chi connectivity index (χ0n) is 18.1. The van der Waals surface area contributed by atoms with Gasteiger partial charge in [-0.05, 0) is 69.0 Å². The van der Waals surface area contributed by atoms with Crippen LogP contribution in [0.3, 0.4) is 0 Å². The van der Waals surface area contributed by atoms with Gasteiger partial charge in [0.05, 0.1) is 22.1 Å². The molecule has 3 heterocycles. The van der Waals surface area contributed by atoms with Crippen LogP contribution in [0.1, 0.15) is 32.6 Å². The number of halogens is 1. The Balaban J connectivity index is 1.25. The van der Waals surface area contributed by atoms with E-state index in [1.807, 2.05) is 42.5 Å². The van der Waals surface area contributed by atoms with Gasteiger partial charge >= 0.3 is 5.97 Å². The first-order valence-electron chi connectivity index (χ1n) is 10.9. The number of hydrogen-bond donors (Lipinski definition) is 2. The summed E-state index contributed by atoms with van der Waals surface area (Å²) in [6, 6.07) is 13.2. The molecule has 2 N–H and O–H groups in total. The number of H-pyrrole nitrogens is 1. The minimum atomic E-state index is -0.730. The molecule has 33 heavy (non-hydrogen) atoms. The number of rotatable bonds is 5. The molecule has 4 aromatic rings. The van der Waals surface area contributed by atoms with E-state index in [2.05, 4.69) is 19.9 Å². The van der Waals surface area contributed by atoms with E-state index in [9.17, 15) is 9.90 Å². The summed E-state index contributed by atoms with van der Waals surface area (Å²) in [4.78, 5) is 28.3. The van der Waals surface area contributed by atoms with Crippen molar-refractivity contribution in [3.63, 3.8) is 0 Å². The van der Waals surface area contributed by atoms with Crippen molar-refractivity contribution in [3.05, 3.63) is 59.9 Å². The number of imidazole rings is 1. The number of ether oxygens (including phenoxy) is 1.